The number of halogens is 5. The highest BCUT2D eigenvalue weighted by atomic mass is 35.5. The van der Waals surface area contributed by atoms with Crippen LogP contribution >= 0.6 is 23.8 Å². The molecule has 0 atom stereocenters. The Hall–Kier alpha value is -1.61. The summed E-state index contributed by atoms with van der Waals surface area (Å²) in [5, 5.41) is 1.60. The first-order chi connectivity index (χ1) is 12.1. The quantitative estimate of drug-likeness (QED) is 0.357. The van der Waals surface area contributed by atoms with E-state index in [2.05, 4.69) is 5.32 Å². The Morgan fingerprint density at radius 3 is 2.04 bits per heavy atom. The maximum atomic E-state index is 14.0. The second-order valence-electron chi connectivity index (χ2n) is 6.34. The molecule has 26 heavy (non-hydrogen) atoms. The van der Waals surface area contributed by atoms with Gasteiger partial charge in [0.15, 0.2) is 28.4 Å². The van der Waals surface area contributed by atoms with Crippen molar-refractivity contribution >= 4 is 40.5 Å². The molecule has 1 saturated heterocycles. The van der Waals surface area contributed by atoms with Gasteiger partial charge in [-0.3, -0.25) is 4.79 Å². The van der Waals surface area contributed by atoms with Crippen molar-refractivity contribution in [2.45, 2.75) is 20.3 Å². The van der Waals surface area contributed by atoms with Crippen molar-refractivity contribution < 1.29 is 22.4 Å². The minimum Gasteiger partial charge on any atom is -0.363 e. The van der Waals surface area contributed by atoms with Crippen molar-refractivity contribution in [1.82, 2.24) is 10.2 Å². The van der Waals surface area contributed by atoms with E-state index in [1.807, 2.05) is 13.8 Å². The van der Waals surface area contributed by atoms with Gasteiger partial charge < -0.3 is 15.1 Å². The average molecular weight is 412 g/mol. The maximum Gasteiger partial charge on any atom is 0.226 e. The third kappa shape index (κ3) is 4.37. The Kier molecular flexibility index (Phi) is 6.68. The number of carbonyl (C=O) groups excluding carboxylic acids is 1. The number of nitrogens with one attached hydrogen (secondary N) is 1. The van der Waals surface area contributed by atoms with E-state index in [0.29, 0.717) is 6.42 Å². The van der Waals surface area contributed by atoms with Gasteiger partial charge in [-0.1, -0.05) is 25.4 Å². The standard InChI is InChI=1S/C16H18ClF4N3OS/c1-8(2)7-9(25)22-16(26)24-5-3-23(4-6-24)15-13(20)11(18)10(17)12(19)14(15)21/h8H,3-7H2,1-2H3,(H,22,25,26). The molecule has 1 fully saturated rings. The summed E-state index contributed by atoms with van der Waals surface area (Å²) in [6.45, 7) is 4.38. The Morgan fingerprint density at radius 1 is 1.08 bits per heavy atom. The van der Waals surface area contributed by atoms with E-state index in [1.54, 1.807) is 4.90 Å². The lowest BCUT2D eigenvalue weighted by atomic mass is 10.1. The maximum absolute atomic E-state index is 14.0. The van der Waals surface area contributed by atoms with Gasteiger partial charge in [-0.2, -0.15) is 0 Å². The number of anilines is 1. The van der Waals surface area contributed by atoms with Crippen LogP contribution in [0.1, 0.15) is 20.3 Å². The molecule has 1 heterocycles. The zero-order valence-electron chi connectivity index (χ0n) is 14.2. The predicted molar refractivity (Wildman–Crippen MR) is 95.3 cm³/mol. The molecule has 1 amide bonds. The van der Waals surface area contributed by atoms with Gasteiger partial charge >= 0.3 is 0 Å². The van der Waals surface area contributed by atoms with Gasteiger partial charge in [0.05, 0.1) is 0 Å². The van der Waals surface area contributed by atoms with Crippen molar-refractivity contribution in [3.63, 3.8) is 0 Å². The largest absolute Gasteiger partial charge is 0.363 e. The van der Waals surface area contributed by atoms with Crippen molar-refractivity contribution in [3.8, 4) is 0 Å². The van der Waals surface area contributed by atoms with Crippen molar-refractivity contribution in [3.05, 3.63) is 28.3 Å². The molecule has 0 bridgehead atoms. The molecule has 1 aliphatic heterocycles. The van der Waals surface area contributed by atoms with E-state index < -0.39 is 34.0 Å². The number of thiocarbonyl (C=S) groups is 1. The van der Waals surface area contributed by atoms with Crippen LogP contribution in [0.25, 0.3) is 0 Å². The van der Waals surface area contributed by atoms with E-state index in [1.165, 1.54) is 4.90 Å². The molecule has 2 rings (SSSR count). The molecule has 0 radical (unpaired) electrons. The number of nitrogens with zero attached hydrogens (tertiary/aromatic N) is 2. The Balaban J connectivity index is 2.05. The fraction of sp³-hybridized carbons (Fsp3) is 0.500. The van der Waals surface area contributed by atoms with E-state index in [9.17, 15) is 22.4 Å². The third-order valence-corrected chi connectivity index (χ3v) is 4.60. The van der Waals surface area contributed by atoms with Gasteiger partial charge in [-0.05, 0) is 18.1 Å². The number of hydrogen-bond donors (Lipinski definition) is 1. The van der Waals surface area contributed by atoms with Crippen LogP contribution in [0.3, 0.4) is 0 Å². The Labute approximate surface area is 159 Å². The molecule has 4 nitrogen and oxygen atoms in total. The van der Waals surface area contributed by atoms with E-state index in [0.717, 1.165) is 0 Å². The van der Waals surface area contributed by atoms with Crippen LogP contribution in [0.4, 0.5) is 23.2 Å². The number of piperazine rings is 1. The molecule has 0 aliphatic carbocycles. The van der Waals surface area contributed by atoms with Crippen molar-refractivity contribution in [2.75, 3.05) is 31.1 Å². The molecule has 0 spiro atoms. The van der Waals surface area contributed by atoms with Crippen molar-refractivity contribution in [1.29, 1.82) is 0 Å². The minimum atomic E-state index is -1.63. The third-order valence-electron chi connectivity index (χ3n) is 3.91. The summed E-state index contributed by atoms with van der Waals surface area (Å²) in [4.78, 5) is 14.6. The second kappa shape index (κ2) is 8.39. The molecule has 1 aromatic rings. The summed E-state index contributed by atoms with van der Waals surface area (Å²) < 4.78 is 55.3. The number of benzene rings is 1. The number of hydrogen-bond acceptors (Lipinski definition) is 3. The monoisotopic (exact) mass is 411 g/mol. The van der Waals surface area contributed by atoms with Crippen LogP contribution in [-0.4, -0.2) is 42.1 Å². The molecular formula is C16H18ClF4N3OS. The normalized spacial score (nSPS) is 14.8. The fourth-order valence-corrected chi connectivity index (χ4v) is 3.09. The predicted octanol–water partition coefficient (Wildman–Crippen LogP) is 3.47. The molecule has 1 aliphatic rings. The van der Waals surface area contributed by atoms with Gasteiger partial charge in [-0.15, -0.1) is 0 Å². The minimum absolute atomic E-state index is 0.0640. The topological polar surface area (TPSA) is 35.6 Å². The van der Waals surface area contributed by atoms with Crippen molar-refractivity contribution in [2.24, 2.45) is 5.92 Å². The first-order valence-corrected chi connectivity index (χ1v) is 8.77. The van der Waals surface area contributed by atoms with E-state index in [4.69, 9.17) is 23.8 Å². The molecule has 1 aromatic carbocycles. The molecular weight excluding hydrogens is 394 g/mol. The van der Waals surface area contributed by atoms with Gasteiger partial charge in [0.2, 0.25) is 5.91 Å². The van der Waals surface area contributed by atoms with Gasteiger partial charge in [0, 0.05) is 32.6 Å². The summed E-state index contributed by atoms with van der Waals surface area (Å²) in [6.07, 6.45) is 0.319. The first-order valence-electron chi connectivity index (χ1n) is 7.98. The summed E-state index contributed by atoms with van der Waals surface area (Å²) in [6, 6.07) is 0. The second-order valence-corrected chi connectivity index (χ2v) is 7.11. The van der Waals surface area contributed by atoms with E-state index >= 15 is 0 Å². The molecule has 0 saturated carbocycles. The first kappa shape index (κ1) is 20.7. The smallest absolute Gasteiger partial charge is 0.226 e. The number of rotatable bonds is 3. The average Bonchev–Trinajstić information content (AvgIpc) is 2.58. The van der Waals surface area contributed by atoms with Gasteiger partial charge in [0.25, 0.3) is 0 Å². The highest BCUT2D eigenvalue weighted by molar-refractivity contribution is 7.80. The number of amides is 1. The van der Waals surface area contributed by atoms with Crippen LogP contribution in [0.2, 0.25) is 5.02 Å². The summed E-state index contributed by atoms with van der Waals surface area (Å²) in [5.74, 6) is -6.36. The number of carbonyl (C=O) groups is 1. The molecule has 144 valence electrons. The van der Waals surface area contributed by atoms with Crippen LogP contribution in [0.15, 0.2) is 0 Å². The molecule has 0 aromatic heterocycles. The zero-order chi connectivity index (χ0) is 19.6. The molecule has 0 unspecified atom stereocenters. The Morgan fingerprint density at radius 2 is 1.58 bits per heavy atom. The molecule has 10 heteroatoms. The summed E-state index contributed by atoms with van der Waals surface area (Å²) in [5.41, 5.74) is -0.793. The fourth-order valence-electron chi connectivity index (χ4n) is 2.62. The lowest BCUT2D eigenvalue weighted by molar-refractivity contribution is -0.120. The summed E-state index contributed by atoms with van der Waals surface area (Å²) in [7, 11) is 0. The zero-order valence-corrected chi connectivity index (χ0v) is 15.8. The Bertz CT molecular complexity index is 695. The molecule has 1 N–H and O–H groups in total. The lowest BCUT2D eigenvalue weighted by Crippen LogP contribution is -2.53. The van der Waals surface area contributed by atoms with Crippen LogP contribution in [-0.2, 0) is 4.79 Å². The SMILES string of the molecule is CC(C)CC(=O)NC(=S)N1CCN(c2c(F)c(F)c(Cl)c(F)c2F)CC1. The highest BCUT2D eigenvalue weighted by Crippen LogP contribution is 2.33. The van der Waals surface area contributed by atoms with Gasteiger partial charge in [-0.25, -0.2) is 17.6 Å². The van der Waals surface area contributed by atoms with E-state index in [-0.39, 0.29) is 43.1 Å². The van der Waals surface area contributed by atoms with Crippen LogP contribution < -0.4 is 10.2 Å². The summed E-state index contributed by atoms with van der Waals surface area (Å²) >= 11 is 10.4. The highest BCUT2D eigenvalue weighted by Gasteiger charge is 2.30. The van der Waals surface area contributed by atoms with Crippen LogP contribution in [0, 0.1) is 29.2 Å². The lowest BCUT2D eigenvalue weighted by Gasteiger charge is -2.37. The van der Waals surface area contributed by atoms with Crippen LogP contribution in [0.5, 0.6) is 0 Å². The van der Waals surface area contributed by atoms with Gasteiger partial charge in [0.1, 0.15) is 10.7 Å².